The zero-order chi connectivity index (χ0) is 16.8. The van der Waals surface area contributed by atoms with Crippen molar-refractivity contribution in [2.75, 3.05) is 0 Å². The molecule has 1 aromatic carbocycles. The van der Waals surface area contributed by atoms with Crippen molar-refractivity contribution in [3.8, 4) is 6.07 Å². The van der Waals surface area contributed by atoms with Gasteiger partial charge in [0.15, 0.2) is 0 Å². The van der Waals surface area contributed by atoms with Crippen molar-refractivity contribution in [3.63, 3.8) is 0 Å². The van der Waals surface area contributed by atoms with Crippen LogP contribution >= 0.6 is 0 Å². The SMILES string of the molecule is CC(C)[C@@H]1CC[C@@H](C)C[C@H]1OC(=O)/C=C/c1ccccc1C#N. The van der Waals surface area contributed by atoms with Gasteiger partial charge >= 0.3 is 5.97 Å². The Hall–Kier alpha value is -2.08. The zero-order valence-electron chi connectivity index (χ0n) is 14.2. The maximum atomic E-state index is 12.2. The van der Waals surface area contributed by atoms with E-state index in [4.69, 9.17) is 10.00 Å². The second-order valence-electron chi connectivity index (χ2n) is 6.83. The lowest BCUT2D eigenvalue weighted by Crippen LogP contribution is -2.35. The molecule has 23 heavy (non-hydrogen) atoms. The van der Waals surface area contributed by atoms with E-state index in [-0.39, 0.29) is 12.1 Å². The van der Waals surface area contributed by atoms with Crippen LogP contribution in [0.25, 0.3) is 6.08 Å². The number of nitriles is 1. The molecular weight excluding hydrogens is 286 g/mol. The molecule has 2 rings (SSSR count). The molecule has 0 unspecified atom stereocenters. The summed E-state index contributed by atoms with van der Waals surface area (Å²) in [5, 5.41) is 9.07. The van der Waals surface area contributed by atoms with E-state index >= 15 is 0 Å². The van der Waals surface area contributed by atoms with Gasteiger partial charge in [-0.15, -0.1) is 0 Å². The summed E-state index contributed by atoms with van der Waals surface area (Å²) in [6.45, 7) is 6.61. The standard InChI is InChI=1S/C20H25NO2/c1-14(2)18-10-8-15(3)12-19(18)23-20(22)11-9-16-6-4-5-7-17(16)13-21/h4-7,9,11,14-15,18-19H,8,10,12H2,1-3H3/b11-9+/t15-,18+,19-/m1/s1. The van der Waals surface area contributed by atoms with Crippen LogP contribution in [0, 0.1) is 29.1 Å². The van der Waals surface area contributed by atoms with E-state index < -0.39 is 0 Å². The summed E-state index contributed by atoms with van der Waals surface area (Å²) in [5.74, 6) is 1.24. The second kappa shape index (κ2) is 7.97. The Morgan fingerprint density at radius 3 is 2.78 bits per heavy atom. The average molecular weight is 311 g/mol. The number of nitrogens with zero attached hydrogens (tertiary/aromatic N) is 1. The minimum absolute atomic E-state index is 0.00195. The first-order valence-corrected chi connectivity index (χ1v) is 8.39. The number of hydrogen-bond donors (Lipinski definition) is 0. The summed E-state index contributed by atoms with van der Waals surface area (Å²) >= 11 is 0. The van der Waals surface area contributed by atoms with Crippen molar-refractivity contribution in [1.82, 2.24) is 0 Å². The molecule has 0 spiro atoms. The van der Waals surface area contributed by atoms with Crippen molar-refractivity contribution in [3.05, 3.63) is 41.5 Å². The van der Waals surface area contributed by atoms with Gasteiger partial charge in [0.1, 0.15) is 6.10 Å². The first-order valence-electron chi connectivity index (χ1n) is 8.39. The fourth-order valence-corrected chi connectivity index (χ4v) is 3.34. The lowest BCUT2D eigenvalue weighted by Gasteiger charge is -2.36. The normalized spacial score (nSPS) is 24.6. The van der Waals surface area contributed by atoms with Crippen molar-refractivity contribution >= 4 is 12.0 Å². The highest BCUT2D eigenvalue weighted by Gasteiger charge is 2.32. The van der Waals surface area contributed by atoms with Gasteiger partial charge < -0.3 is 4.74 Å². The topological polar surface area (TPSA) is 50.1 Å². The van der Waals surface area contributed by atoms with E-state index in [0.717, 1.165) is 18.4 Å². The fourth-order valence-electron chi connectivity index (χ4n) is 3.34. The number of esters is 1. The Kier molecular flexibility index (Phi) is 5.98. The van der Waals surface area contributed by atoms with Gasteiger partial charge in [0.2, 0.25) is 0 Å². The molecule has 1 aromatic rings. The summed E-state index contributed by atoms with van der Waals surface area (Å²) < 4.78 is 5.72. The van der Waals surface area contributed by atoms with Crippen molar-refractivity contribution < 1.29 is 9.53 Å². The first kappa shape index (κ1) is 17.3. The monoisotopic (exact) mass is 311 g/mol. The van der Waals surface area contributed by atoms with Crippen LogP contribution in [-0.4, -0.2) is 12.1 Å². The molecule has 1 aliphatic carbocycles. The summed E-state index contributed by atoms with van der Waals surface area (Å²) in [6.07, 6.45) is 6.38. The van der Waals surface area contributed by atoms with Gasteiger partial charge in [-0.05, 0) is 48.3 Å². The molecule has 1 saturated carbocycles. The smallest absolute Gasteiger partial charge is 0.331 e. The van der Waals surface area contributed by atoms with Crippen molar-refractivity contribution in [1.29, 1.82) is 5.26 Å². The average Bonchev–Trinajstić information content (AvgIpc) is 2.53. The summed E-state index contributed by atoms with van der Waals surface area (Å²) in [5.41, 5.74) is 1.30. The van der Waals surface area contributed by atoms with Crippen LogP contribution < -0.4 is 0 Å². The molecule has 0 heterocycles. The molecule has 3 atom stereocenters. The number of rotatable bonds is 4. The third-order valence-corrected chi connectivity index (χ3v) is 4.71. The third-order valence-electron chi connectivity index (χ3n) is 4.71. The second-order valence-corrected chi connectivity index (χ2v) is 6.83. The molecule has 0 saturated heterocycles. The molecule has 1 fully saturated rings. The van der Waals surface area contributed by atoms with E-state index in [0.29, 0.717) is 23.3 Å². The summed E-state index contributed by atoms with van der Waals surface area (Å²) in [4.78, 5) is 12.2. The number of hydrogen-bond acceptors (Lipinski definition) is 3. The largest absolute Gasteiger partial charge is 0.459 e. The maximum Gasteiger partial charge on any atom is 0.331 e. The minimum Gasteiger partial charge on any atom is -0.459 e. The van der Waals surface area contributed by atoms with Gasteiger partial charge in [-0.2, -0.15) is 5.26 Å². The molecule has 3 nitrogen and oxygen atoms in total. The third kappa shape index (κ3) is 4.69. The minimum atomic E-state index is -0.317. The molecule has 0 amide bonds. The molecule has 0 N–H and O–H groups in total. The van der Waals surface area contributed by atoms with Crippen LogP contribution in [0.2, 0.25) is 0 Å². The summed E-state index contributed by atoms with van der Waals surface area (Å²) in [7, 11) is 0. The number of carbonyl (C=O) groups excluding carboxylic acids is 1. The predicted molar refractivity (Wildman–Crippen MR) is 91.4 cm³/mol. The van der Waals surface area contributed by atoms with Crippen LogP contribution in [0.5, 0.6) is 0 Å². The quantitative estimate of drug-likeness (QED) is 0.604. The molecular formula is C20H25NO2. The van der Waals surface area contributed by atoms with Crippen LogP contribution in [0.3, 0.4) is 0 Å². The van der Waals surface area contributed by atoms with E-state index in [9.17, 15) is 4.79 Å². The highest BCUT2D eigenvalue weighted by Crippen LogP contribution is 2.35. The van der Waals surface area contributed by atoms with Crippen LogP contribution in [-0.2, 0) is 9.53 Å². The van der Waals surface area contributed by atoms with Crippen molar-refractivity contribution in [2.24, 2.45) is 17.8 Å². The zero-order valence-corrected chi connectivity index (χ0v) is 14.2. The molecule has 122 valence electrons. The molecule has 0 aromatic heterocycles. The van der Waals surface area contributed by atoms with E-state index in [1.807, 2.05) is 18.2 Å². The van der Waals surface area contributed by atoms with Gasteiger partial charge in [-0.3, -0.25) is 0 Å². The Bertz CT molecular complexity index is 612. The van der Waals surface area contributed by atoms with Gasteiger partial charge in [-0.1, -0.05) is 45.4 Å². The van der Waals surface area contributed by atoms with Gasteiger partial charge in [0.05, 0.1) is 11.6 Å². The Morgan fingerprint density at radius 1 is 1.35 bits per heavy atom. The molecule has 0 bridgehead atoms. The van der Waals surface area contributed by atoms with E-state index in [1.54, 1.807) is 12.1 Å². The Morgan fingerprint density at radius 2 is 2.09 bits per heavy atom. The first-order chi connectivity index (χ1) is 11.0. The van der Waals surface area contributed by atoms with Gasteiger partial charge in [0.25, 0.3) is 0 Å². The van der Waals surface area contributed by atoms with Gasteiger partial charge in [-0.25, -0.2) is 4.79 Å². The Labute approximate surface area is 139 Å². The Balaban J connectivity index is 2.03. The molecule has 1 aliphatic rings. The molecule has 0 aliphatic heterocycles. The number of carbonyl (C=O) groups is 1. The van der Waals surface area contributed by atoms with Crippen LogP contribution in [0.15, 0.2) is 30.3 Å². The van der Waals surface area contributed by atoms with E-state index in [2.05, 4.69) is 26.8 Å². The maximum absolute atomic E-state index is 12.2. The van der Waals surface area contributed by atoms with Crippen LogP contribution in [0.4, 0.5) is 0 Å². The predicted octanol–water partition coefficient (Wildman–Crippen LogP) is 4.58. The highest BCUT2D eigenvalue weighted by atomic mass is 16.5. The lowest BCUT2D eigenvalue weighted by molar-refractivity contribution is -0.149. The van der Waals surface area contributed by atoms with E-state index in [1.165, 1.54) is 12.5 Å². The lowest BCUT2D eigenvalue weighted by atomic mass is 9.75. The number of ether oxygens (including phenoxy) is 1. The van der Waals surface area contributed by atoms with Gasteiger partial charge in [0, 0.05) is 6.08 Å². The fraction of sp³-hybridized carbons (Fsp3) is 0.500. The highest BCUT2D eigenvalue weighted by molar-refractivity contribution is 5.87. The molecule has 3 heteroatoms. The van der Waals surface area contributed by atoms with Crippen LogP contribution in [0.1, 0.15) is 51.2 Å². The summed E-state index contributed by atoms with van der Waals surface area (Å²) in [6, 6.07) is 9.35. The molecule has 0 radical (unpaired) electrons. The van der Waals surface area contributed by atoms with Crippen molar-refractivity contribution in [2.45, 2.75) is 46.1 Å². The number of benzene rings is 1.